The van der Waals surface area contributed by atoms with Crippen LogP contribution in [-0.2, 0) is 30.3 Å². The number of aromatic carboxylic acids is 2. The largest absolute Gasteiger partial charge is 2.00 e. The first-order valence-corrected chi connectivity index (χ1v) is 8.47. The Balaban J connectivity index is 0.000000483. The van der Waals surface area contributed by atoms with E-state index in [-0.39, 0.29) is 41.4 Å². The van der Waals surface area contributed by atoms with Crippen LogP contribution < -0.4 is 10.2 Å². The Hall–Kier alpha value is -2.00. The predicted molar refractivity (Wildman–Crippen MR) is 98.9 cm³/mol. The molecule has 2 aromatic rings. The third-order valence-corrected chi connectivity index (χ3v) is 3.91. The fraction of sp³-hybridized carbons (Fsp3) is 0.364. The molecule has 0 atom stereocenters. The van der Waals surface area contributed by atoms with Gasteiger partial charge in [-0.05, 0) is 22.0 Å². The topological polar surface area (TPSA) is 80.3 Å². The van der Waals surface area contributed by atoms with E-state index in [9.17, 15) is 19.8 Å². The molecule has 2 rings (SSSR count). The molecule has 0 amide bonds. The van der Waals surface area contributed by atoms with Crippen molar-refractivity contribution in [2.45, 2.75) is 52.4 Å². The van der Waals surface area contributed by atoms with Crippen LogP contribution >= 0.6 is 0 Å². The number of carbonyl (C=O) groups excluding carboxylic acids is 2. The molecule has 0 unspecified atom stereocenters. The van der Waals surface area contributed by atoms with Crippen LogP contribution in [0, 0.1) is 0 Å². The first-order chi connectivity index (χ1) is 11.9. The van der Waals surface area contributed by atoms with Crippen LogP contribution in [0.1, 0.15) is 73.4 Å². The molecule has 4 nitrogen and oxygen atoms in total. The minimum Gasteiger partial charge on any atom is -0.545 e. The SMILES string of the molecule is CC(C)(C)c1ccccc1C(=O)[O-].CC(C)(C)c1ccccc1C(=O)[O-].[Zn+2]. The van der Waals surface area contributed by atoms with Crippen molar-refractivity contribution in [3.8, 4) is 0 Å². The van der Waals surface area contributed by atoms with Gasteiger partial charge in [-0.3, -0.25) is 0 Å². The molecule has 0 saturated carbocycles. The van der Waals surface area contributed by atoms with Crippen molar-refractivity contribution in [1.82, 2.24) is 0 Å². The maximum absolute atomic E-state index is 10.8. The van der Waals surface area contributed by atoms with E-state index < -0.39 is 11.9 Å². The fourth-order valence-electron chi connectivity index (χ4n) is 2.63. The van der Waals surface area contributed by atoms with E-state index >= 15 is 0 Å². The zero-order valence-electron chi connectivity index (χ0n) is 17.0. The summed E-state index contributed by atoms with van der Waals surface area (Å²) in [6, 6.07) is 13.9. The van der Waals surface area contributed by atoms with Crippen LogP contribution in [0.3, 0.4) is 0 Å². The summed E-state index contributed by atoms with van der Waals surface area (Å²) in [5, 5.41) is 21.5. The van der Waals surface area contributed by atoms with Gasteiger partial charge in [0.25, 0.3) is 0 Å². The van der Waals surface area contributed by atoms with Crippen LogP contribution in [0.25, 0.3) is 0 Å². The van der Waals surface area contributed by atoms with Crippen molar-refractivity contribution in [3.05, 3.63) is 70.8 Å². The number of rotatable bonds is 2. The van der Waals surface area contributed by atoms with Crippen molar-refractivity contribution in [3.63, 3.8) is 0 Å². The van der Waals surface area contributed by atoms with Crippen LogP contribution in [0.2, 0.25) is 0 Å². The van der Waals surface area contributed by atoms with Gasteiger partial charge in [-0.1, -0.05) is 90.1 Å². The molecule has 0 aliphatic carbocycles. The second-order valence-electron chi connectivity index (χ2n) is 8.17. The third-order valence-electron chi connectivity index (χ3n) is 3.91. The normalized spacial score (nSPS) is 10.9. The fourth-order valence-corrected chi connectivity index (χ4v) is 2.63. The molecule has 0 fully saturated rings. The monoisotopic (exact) mass is 418 g/mol. The maximum Gasteiger partial charge on any atom is 2.00 e. The summed E-state index contributed by atoms with van der Waals surface area (Å²) in [6.07, 6.45) is 0. The second kappa shape index (κ2) is 9.80. The Labute approximate surface area is 174 Å². The van der Waals surface area contributed by atoms with E-state index in [1.54, 1.807) is 24.3 Å². The summed E-state index contributed by atoms with van der Waals surface area (Å²) in [5.41, 5.74) is 1.89. The molecular weight excluding hydrogens is 394 g/mol. The molecule has 0 aromatic heterocycles. The molecule has 140 valence electrons. The summed E-state index contributed by atoms with van der Waals surface area (Å²) < 4.78 is 0. The van der Waals surface area contributed by atoms with E-state index in [2.05, 4.69) is 0 Å². The number of carboxylic acids is 2. The summed E-state index contributed by atoms with van der Waals surface area (Å²) in [5.74, 6) is -2.21. The van der Waals surface area contributed by atoms with Gasteiger partial charge in [0.2, 0.25) is 0 Å². The molecule has 0 bridgehead atoms. The van der Waals surface area contributed by atoms with Gasteiger partial charge >= 0.3 is 19.5 Å². The van der Waals surface area contributed by atoms with Crippen LogP contribution in [-0.4, -0.2) is 11.9 Å². The molecule has 0 aliphatic heterocycles. The minimum absolute atomic E-state index is 0. The molecule has 27 heavy (non-hydrogen) atoms. The Morgan fingerprint density at radius 3 is 1.07 bits per heavy atom. The molecule has 5 heteroatoms. The number of hydrogen-bond acceptors (Lipinski definition) is 4. The summed E-state index contributed by atoms with van der Waals surface area (Å²) >= 11 is 0. The quantitative estimate of drug-likeness (QED) is 0.701. The first-order valence-electron chi connectivity index (χ1n) is 8.47. The molecule has 0 saturated heterocycles. The zero-order chi connectivity index (χ0) is 20.1. The first kappa shape index (κ1) is 25.0. The Bertz CT molecular complexity index is 716. The van der Waals surface area contributed by atoms with E-state index in [1.807, 2.05) is 65.8 Å². The van der Waals surface area contributed by atoms with Gasteiger partial charge in [-0.15, -0.1) is 0 Å². The Morgan fingerprint density at radius 2 is 0.889 bits per heavy atom. The Kier molecular flexibility index (Phi) is 9.07. The van der Waals surface area contributed by atoms with Crippen LogP contribution in [0.15, 0.2) is 48.5 Å². The molecule has 0 aliphatic rings. The minimum atomic E-state index is -1.11. The van der Waals surface area contributed by atoms with Gasteiger partial charge in [0.1, 0.15) is 0 Å². The van der Waals surface area contributed by atoms with Crippen molar-refractivity contribution in [2.75, 3.05) is 0 Å². The molecular formula is C22H26O4Zn. The maximum atomic E-state index is 10.8. The van der Waals surface area contributed by atoms with E-state index in [0.717, 1.165) is 11.1 Å². The molecule has 0 radical (unpaired) electrons. The van der Waals surface area contributed by atoms with Crippen molar-refractivity contribution >= 4 is 11.9 Å². The predicted octanol–water partition coefficient (Wildman–Crippen LogP) is 2.69. The van der Waals surface area contributed by atoms with Crippen LogP contribution in [0.5, 0.6) is 0 Å². The molecule has 2 aromatic carbocycles. The summed E-state index contributed by atoms with van der Waals surface area (Å²) in [4.78, 5) is 21.5. The molecule has 0 N–H and O–H groups in total. The van der Waals surface area contributed by atoms with E-state index in [1.165, 1.54) is 0 Å². The Morgan fingerprint density at radius 1 is 0.630 bits per heavy atom. The zero-order valence-corrected chi connectivity index (χ0v) is 19.9. The van der Waals surface area contributed by atoms with Crippen LogP contribution in [0.4, 0.5) is 0 Å². The molecule has 0 heterocycles. The van der Waals surface area contributed by atoms with Gasteiger partial charge < -0.3 is 19.8 Å². The number of carboxylic acid groups (broad SMARTS) is 2. The van der Waals surface area contributed by atoms with E-state index in [0.29, 0.717) is 0 Å². The molecule has 0 spiro atoms. The van der Waals surface area contributed by atoms with Crippen molar-refractivity contribution in [1.29, 1.82) is 0 Å². The smallest absolute Gasteiger partial charge is 0.545 e. The van der Waals surface area contributed by atoms with Crippen molar-refractivity contribution < 1.29 is 39.3 Å². The second-order valence-corrected chi connectivity index (χ2v) is 8.17. The van der Waals surface area contributed by atoms with Gasteiger partial charge in [-0.25, -0.2) is 0 Å². The van der Waals surface area contributed by atoms with Gasteiger partial charge in [-0.2, -0.15) is 0 Å². The summed E-state index contributed by atoms with van der Waals surface area (Å²) in [7, 11) is 0. The standard InChI is InChI=1S/2C11H14O2.Zn/c2*1-11(2,3)9-7-5-4-6-8(9)10(12)13;/h2*4-7H,1-3H3,(H,12,13);/q;;+2/p-2. The number of hydrogen-bond donors (Lipinski definition) is 0. The summed E-state index contributed by atoms with van der Waals surface area (Å²) in [6.45, 7) is 11.9. The average Bonchev–Trinajstić information content (AvgIpc) is 2.54. The van der Waals surface area contributed by atoms with Crippen molar-refractivity contribution in [2.24, 2.45) is 0 Å². The van der Waals surface area contributed by atoms with E-state index in [4.69, 9.17) is 0 Å². The average molecular weight is 420 g/mol. The third kappa shape index (κ3) is 7.26. The number of benzene rings is 2. The van der Waals surface area contributed by atoms with Gasteiger partial charge in [0.15, 0.2) is 0 Å². The van der Waals surface area contributed by atoms with Gasteiger partial charge in [0.05, 0.1) is 11.9 Å². The van der Waals surface area contributed by atoms with Gasteiger partial charge in [0, 0.05) is 11.1 Å². The number of carbonyl (C=O) groups is 2.